The zero-order valence-electron chi connectivity index (χ0n) is 4.79. The van der Waals surface area contributed by atoms with Crippen LogP contribution in [0.3, 0.4) is 0 Å². The largest absolute Gasteiger partial charge is 0.343 e. The molecule has 0 bridgehead atoms. The summed E-state index contributed by atoms with van der Waals surface area (Å²) in [5.74, 6) is 10.1. The lowest BCUT2D eigenvalue weighted by Gasteiger charge is -1.65. The molecule has 0 atom stereocenters. The summed E-state index contributed by atoms with van der Waals surface area (Å²) in [6, 6.07) is 0. The summed E-state index contributed by atoms with van der Waals surface area (Å²) in [6.45, 7) is 1.70. The molecule has 40 valence electrons. The first kappa shape index (κ1) is 7.11. The third-order valence-corrected chi connectivity index (χ3v) is 0.495. The number of hydrogen-bond acceptors (Lipinski definition) is 0. The quantitative estimate of drug-likeness (QED) is 0.343. The second-order valence-corrected chi connectivity index (χ2v) is 1.12. The summed E-state index contributed by atoms with van der Waals surface area (Å²) in [6.07, 6.45) is 0.300. The fourth-order valence-corrected chi connectivity index (χ4v) is 0.216. The van der Waals surface area contributed by atoms with E-state index in [0.717, 1.165) is 0 Å². The van der Waals surface area contributed by atoms with Gasteiger partial charge >= 0.3 is 7.56 Å². The van der Waals surface area contributed by atoms with Gasteiger partial charge in [-0.3, -0.25) is 0 Å². The monoisotopic (exact) mass is 108 g/mol. The molecule has 0 aliphatic heterocycles. The summed E-state index contributed by atoms with van der Waals surface area (Å²) in [7, 11) is -0.377. The maximum atomic E-state index is 11.3. The molecular weight excluding hydrogens is 102 g/mol. The Morgan fingerprint density at radius 2 is 2.25 bits per heavy atom. The van der Waals surface area contributed by atoms with Crippen molar-refractivity contribution in [3.63, 3.8) is 0 Å². The fourth-order valence-electron chi connectivity index (χ4n) is 0.216. The average Bonchev–Trinajstić information content (AvgIpc) is 1.81. The van der Waals surface area contributed by atoms with Crippen molar-refractivity contribution in [1.29, 1.82) is 0 Å². The Bertz CT molecular complexity index is 153. The van der Waals surface area contributed by atoms with Gasteiger partial charge in [0.15, 0.2) is 0 Å². The van der Waals surface area contributed by atoms with Crippen LogP contribution >= 0.6 is 0 Å². The number of rotatable bonds is 1. The van der Waals surface area contributed by atoms with Crippen LogP contribution in [0, 0.1) is 23.7 Å². The van der Waals surface area contributed by atoms with Gasteiger partial charge in [-0.25, -0.2) is 0 Å². The Morgan fingerprint density at radius 1 is 1.50 bits per heavy atom. The van der Waals surface area contributed by atoms with E-state index in [-0.39, 0.29) is 7.56 Å². The smallest absolute Gasteiger partial charge is 0.340 e. The van der Waals surface area contributed by atoms with Gasteiger partial charge in [0.05, 0.1) is 0 Å². The first-order chi connectivity index (χ1) is 3.91. The summed E-state index contributed by atoms with van der Waals surface area (Å²) in [5.41, 5.74) is 0. The van der Waals surface area contributed by atoms with Crippen LogP contribution in [0.1, 0.15) is 6.92 Å². The molecule has 2 heteroatoms. The average molecular weight is 108 g/mol. The van der Waals surface area contributed by atoms with Crippen LogP contribution in [0.15, 0.2) is 0 Å². The van der Waals surface area contributed by atoms with E-state index < -0.39 is 0 Å². The molecule has 0 rings (SSSR count). The van der Waals surface area contributed by atoms with Gasteiger partial charge in [0.1, 0.15) is 0 Å². The molecule has 0 N–H and O–H groups in total. The number of halogens is 1. The maximum Gasteiger partial charge on any atom is 0.343 e. The molecule has 0 aliphatic carbocycles. The standard InChI is InChI=1S/C6H6BF/c1-2-3-4-5-6-7-8/h7H,6H2,1H3. The molecule has 0 unspecified atom stereocenters. The van der Waals surface area contributed by atoms with E-state index in [0.29, 0.717) is 6.32 Å². The minimum Gasteiger partial charge on any atom is -0.340 e. The van der Waals surface area contributed by atoms with Crippen LogP contribution in [0.5, 0.6) is 0 Å². The van der Waals surface area contributed by atoms with Crippen molar-refractivity contribution in [2.75, 3.05) is 0 Å². The maximum absolute atomic E-state index is 11.3. The highest BCUT2D eigenvalue weighted by Gasteiger charge is 1.75. The second-order valence-electron chi connectivity index (χ2n) is 1.12. The Labute approximate surface area is 49.8 Å². The zero-order chi connectivity index (χ0) is 6.24. The predicted octanol–water partition coefficient (Wildman–Crippen LogP) is 0.752. The fraction of sp³-hybridized carbons (Fsp3) is 0.333. The van der Waals surface area contributed by atoms with E-state index in [2.05, 4.69) is 23.7 Å². The van der Waals surface area contributed by atoms with E-state index in [1.165, 1.54) is 0 Å². The van der Waals surface area contributed by atoms with Gasteiger partial charge in [-0.2, -0.15) is 0 Å². The van der Waals surface area contributed by atoms with Crippen LogP contribution in [0.25, 0.3) is 0 Å². The minimum atomic E-state index is -0.377. The molecule has 0 aromatic carbocycles. The molecule has 8 heavy (non-hydrogen) atoms. The molecule has 0 radical (unpaired) electrons. The van der Waals surface area contributed by atoms with Crippen LogP contribution in [0.4, 0.5) is 4.32 Å². The lowest BCUT2D eigenvalue weighted by Crippen LogP contribution is -1.70. The lowest BCUT2D eigenvalue weighted by molar-refractivity contribution is 0.871. The minimum absolute atomic E-state index is 0.300. The highest BCUT2D eigenvalue weighted by atomic mass is 19.1. The summed E-state index contributed by atoms with van der Waals surface area (Å²) in [5, 5.41) is 0. The molecule has 0 heterocycles. The molecule has 0 aromatic rings. The molecule has 0 fully saturated rings. The van der Waals surface area contributed by atoms with E-state index in [1.807, 2.05) is 0 Å². The first-order valence-corrected chi connectivity index (χ1v) is 2.37. The molecule has 0 saturated carbocycles. The van der Waals surface area contributed by atoms with Crippen molar-refractivity contribution in [3.05, 3.63) is 0 Å². The van der Waals surface area contributed by atoms with Crippen molar-refractivity contribution in [3.8, 4) is 23.7 Å². The van der Waals surface area contributed by atoms with E-state index >= 15 is 0 Å². The third kappa shape index (κ3) is 5.11. The van der Waals surface area contributed by atoms with Gasteiger partial charge in [0, 0.05) is 6.32 Å². The molecule has 0 aliphatic rings. The van der Waals surface area contributed by atoms with Crippen molar-refractivity contribution in [2.24, 2.45) is 0 Å². The summed E-state index contributed by atoms with van der Waals surface area (Å²) < 4.78 is 11.3. The molecule has 0 nitrogen and oxygen atoms in total. The lowest BCUT2D eigenvalue weighted by atomic mass is 10.0. The number of hydrogen-bond donors (Lipinski definition) is 0. The van der Waals surface area contributed by atoms with Crippen LogP contribution in [-0.2, 0) is 0 Å². The van der Waals surface area contributed by atoms with E-state index in [1.54, 1.807) is 6.92 Å². The second kappa shape index (κ2) is 6.11. The van der Waals surface area contributed by atoms with Gasteiger partial charge < -0.3 is 4.32 Å². The van der Waals surface area contributed by atoms with Crippen molar-refractivity contribution >= 4 is 7.56 Å². The van der Waals surface area contributed by atoms with E-state index in [4.69, 9.17) is 0 Å². The Kier molecular flexibility index (Phi) is 5.44. The zero-order valence-corrected chi connectivity index (χ0v) is 4.79. The van der Waals surface area contributed by atoms with Gasteiger partial charge in [0.2, 0.25) is 0 Å². The van der Waals surface area contributed by atoms with E-state index in [9.17, 15) is 4.32 Å². The van der Waals surface area contributed by atoms with Crippen molar-refractivity contribution < 1.29 is 4.32 Å². The highest BCUT2D eigenvalue weighted by molar-refractivity contribution is 6.27. The molecule has 0 saturated heterocycles. The molecule has 0 amide bonds. The summed E-state index contributed by atoms with van der Waals surface area (Å²) >= 11 is 0. The van der Waals surface area contributed by atoms with Crippen LogP contribution < -0.4 is 0 Å². The Balaban J connectivity index is 3.31. The molecule has 0 spiro atoms. The predicted molar refractivity (Wildman–Crippen MR) is 34.3 cm³/mol. The van der Waals surface area contributed by atoms with Gasteiger partial charge in [0.25, 0.3) is 0 Å². The first-order valence-electron chi connectivity index (χ1n) is 2.37. The van der Waals surface area contributed by atoms with Gasteiger partial charge in [-0.05, 0) is 18.8 Å². The van der Waals surface area contributed by atoms with Crippen molar-refractivity contribution in [2.45, 2.75) is 13.2 Å². The van der Waals surface area contributed by atoms with Gasteiger partial charge in [-0.15, -0.1) is 0 Å². The van der Waals surface area contributed by atoms with Crippen LogP contribution in [-0.4, -0.2) is 7.56 Å². The normalized spacial score (nSPS) is 5.25. The molecule has 0 aromatic heterocycles. The third-order valence-electron chi connectivity index (χ3n) is 0.495. The van der Waals surface area contributed by atoms with Crippen molar-refractivity contribution in [1.82, 2.24) is 0 Å². The Hall–Kier alpha value is -0.885. The Morgan fingerprint density at radius 3 is 2.75 bits per heavy atom. The van der Waals surface area contributed by atoms with Crippen LogP contribution in [0.2, 0.25) is 6.32 Å². The molecular formula is C6H6BF. The SMILES string of the molecule is CC#CC#CCBF. The topological polar surface area (TPSA) is 0 Å². The van der Waals surface area contributed by atoms with Gasteiger partial charge in [-0.1, -0.05) is 11.8 Å². The summed E-state index contributed by atoms with van der Waals surface area (Å²) in [4.78, 5) is 0. The highest BCUT2D eigenvalue weighted by Crippen LogP contribution is 1.71.